The molecule has 2 aliphatic carbocycles. The van der Waals surface area contributed by atoms with Crippen LogP contribution in [0.4, 0.5) is 0 Å². The summed E-state index contributed by atoms with van der Waals surface area (Å²) in [5.74, 6) is -0.966. The molecule has 0 spiro atoms. The minimum Gasteiger partial charge on any atom is -0.481 e. The summed E-state index contributed by atoms with van der Waals surface area (Å²) in [7, 11) is 0. The normalized spacial score (nSPS) is 34.6. The van der Waals surface area contributed by atoms with Gasteiger partial charge in [-0.05, 0) is 24.7 Å². The molecular weight excluding hydrogens is 323 g/mol. The van der Waals surface area contributed by atoms with Crippen molar-refractivity contribution in [3.63, 3.8) is 0 Å². The molecule has 2 amide bonds. The summed E-state index contributed by atoms with van der Waals surface area (Å²) < 4.78 is 0. The number of carbonyl (C=O) groups excluding carboxylic acids is 2. The van der Waals surface area contributed by atoms with E-state index in [4.69, 9.17) is 5.11 Å². The van der Waals surface area contributed by atoms with E-state index in [0.29, 0.717) is 6.42 Å². The zero-order valence-corrected chi connectivity index (χ0v) is 13.3. The molecule has 4 atom stereocenters. The molecule has 3 rings (SSSR count). The fraction of sp³-hybridized carbons (Fsp3) is 0.615. The Morgan fingerprint density at radius 2 is 1.74 bits per heavy atom. The summed E-state index contributed by atoms with van der Waals surface area (Å²) in [6.45, 7) is 0.246. The first kappa shape index (κ1) is 14.9. The number of amides is 2. The van der Waals surface area contributed by atoms with Crippen LogP contribution in [-0.4, -0.2) is 34.3 Å². The van der Waals surface area contributed by atoms with Gasteiger partial charge in [0.25, 0.3) is 0 Å². The number of allylic oxidation sites excluding steroid dienone is 2. The second-order valence-corrected chi connectivity index (χ2v) is 5.33. The molecule has 1 saturated carbocycles. The molecule has 19 heavy (non-hydrogen) atoms. The maximum absolute atomic E-state index is 12.2. The van der Waals surface area contributed by atoms with Crippen LogP contribution in [0.1, 0.15) is 19.3 Å². The van der Waals surface area contributed by atoms with E-state index in [1.165, 1.54) is 4.90 Å². The summed E-state index contributed by atoms with van der Waals surface area (Å²) in [5, 5.41) is 8.58. The van der Waals surface area contributed by atoms with E-state index < -0.39 is 5.97 Å². The molecule has 1 aliphatic heterocycles. The van der Waals surface area contributed by atoms with Crippen LogP contribution in [0.3, 0.4) is 0 Å². The first-order valence-corrected chi connectivity index (χ1v) is 6.35. The molecule has 4 unspecified atom stereocenters. The van der Waals surface area contributed by atoms with E-state index in [1.807, 2.05) is 0 Å². The van der Waals surface area contributed by atoms with Crippen LogP contribution in [0.25, 0.3) is 0 Å². The van der Waals surface area contributed by atoms with Gasteiger partial charge in [-0.2, -0.15) is 0 Å². The van der Waals surface area contributed by atoms with Crippen molar-refractivity contribution in [2.24, 2.45) is 23.7 Å². The topological polar surface area (TPSA) is 74.7 Å². The molecule has 1 radical (unpaired) electrons. The molecule has 99 valence electrons. The second kappa shape index (κ2) is 5.45. The predicted octanol–water partition coefficient (Wildman–Crippen LogP) is 0.656. The molecule has 1 saturated heterocycles. The standard InChI is InChI=1S/C13H15NO4.Y/c15-9(16)2-1-5-14-12(17)10-7-3-4-8(6-7)11(10)13(14)18;/h3-4,7-8,10-11H,1-2,5-6H2,(H,15,16);. The van der Waals surface area contributed by atoms with Gasteiger partial charge in [0, 0.05) is 45.7 Å². The zero-order chi connectivity index (χ0) is 12.9. The fourth-order valence-corrected chi connectivity index (χ4v) is 3.57. The number of fused-ring (bicyclic) bond motifs is 5. The quantitative estimate of drug-likeness (QED) is 0.604. The van der Waals surface area contributed by atoms with E-state index in [-0.39, 0.29) is 81.2 Å². The molecular formula is C13H15NO4Y. The number of carboxylic acids is 1. The van der Waals surface area contributed by atoms with Crippen LogP contribution in [0, 0.1) is 23.7 Å². The third-order valence-corrected chi connectivity index (χ3v) is 4.33. The van der Waals surface area contributed by atoms with Gasteiger partial charge < -0.3 is 5.11 Å². The van der Waals surface area contributed by atoms with Crippen molar-refractivity contribution < 1.29 is 52.2 Å². The molecule has 6 heteroatoms. The Labute approximate surface area is 136 Å². The number of aliphatic carboxylic acids is 1. The molecule has 0 aromatic rings. The Kier molecular flexibility index (Phi) is 4.26. The van der Waals surface area contributed by atoms with Gasteiger partial charge in [0.2, 0.25) is 11.8 Å². The minimum absolute atomic E-state index is 0. The zero-order valence-electron chi connectivity index (χ0n) is 10.5. The van der Waals surface area contributed by atoms with Gasteiger partial charge in [-0.3, -0.25) is 19.3 Å². The molecule has 0 aromatic heterocycles. The maximum atomic E-state index is 12.2. The van der Waals surface area contributed by atoms with Gasteiger partial charge in [-0.25, -0.2) is 0 Å². The van der Waals surface area contributed by atoms with Gasteiger partial charge >= 0.3 is 5.97 Å². The molecule has 0 aromatic carbocycles. The minimum atomic E-state index is -0.893. The monoisotopic (exact) mass is 338 g/mol. The van der Waals surface area contributed by atoms with E-state index >= 15 is 0 Å². The van der Waals surface area contributed by atoms with E-state index in [0.717, 1.165) is 6.42 Å². The molecule has 2 fully saturated rings. The predicted molar refractivity (Wildman–Crippen MR) is 61.3 cm³/mol. The van der Waals surface area contributed by atoms with Gasteiger partial charge in [0.15, 0.2) is 0 Å². The average molecular weight is 338 g/mol. The fourth-order valence-electron chi connectivity index (χ4n) is 3.57. The number of carbonyl (C=O) groups is 3. The number of carboxylic acid groups (broad SMARTS) is 1. The van der Waals surface area contributed by atoms with Crippen molar-refractivity contribution in [2.75, 3.05) is 6.54 Å². The van der Waals surface area contributed by atoms with Gasteiger partial charge in [0.05, 0.1) is 11.8 Å². The molecule has 3 aliphatic rings. The molecule has 5 nitrogen and oxygen atoms in total. The third kappa shape index (κ3) is 2.31. The average Bonchev–Trinajstić information content (AvgIpc) is 2.97. The van der Waals surface area contributed by atoms with Gasteiger partial charge in [-0.1, -0.05) is 12.2 Å². The Hall–Kier alpha value is -0.546. The summed E-state index contributed by atoms with van der Waals surface area (Å²) >= 11 is 0. The van der Waals surface area contributed by atoms with E-state index in [2.05, 4.69) is 12.2 Å². The Balaban J connectivity index is 0.00000133. The number of rotatable bonds is 4. The Morgan fingerprint density at radius 1 is 1.21 bits per heavy atom. The van der Waals surface area contributed by atoms with Crippen LogP contribution in [-0.2, 0) is 47.1 Å². The summed E-state index contributed by atoms with van der Waals surface area (Å²) in [6.07, 6.45) is 5.37. The number of nitrogens with zero attached hydrogens (tertiary/aromatic N) is 1. The van der Waals surface area contributed by atoms with Crippen molar-refractivity contribution >= 4 is 17.8 Å². The van der Waals surface area contributed by atoms with Crippen molar-refractivity contribution in [1.82, 2.24) is 4.90 Å². The van der Waals surface area contributed by atoms with Crippen LogP contribution in [0.15, 0.2) is 12.2 Å². The molecule has 1 N–H and O–H groups in total. The van der Waals surface area contributed by atoms with Crippen molar-refractivity contribution in [3.8, 4) is 0 Å². The van der Waals surface area contributed by atoms with Gasteiger partial charge in [0.1, 0.15) is 0 Å². The first-order valence-electron chi connectivity index (χ1n) is 6.35. The van der Waals surface area contributed by atoms with Gasteiger partial charge in [-0.15, -0.1) is 0 Å². The summed E-state index contributed by atoms with van der Waals surface area (Å²) in [4.78, 5) is 36.1. The Morgan fingerprint density at radius 3 is 2.21 bits per heavy atom. The van der Waals surface area contributed by atoms with Crippen molar-refractivity contribution in [3.05, 3.63) is 12.2 Å². The van der Waals surface area contributed by atoms with Crippen LogP contribution in [0.2, 0.25) is 0 Å². The van der Waals surface area contributed by atoms with Crippen LogP contribution < -0.4 is 0 Å². The molecule has 2 bridgehead atoms. The number of hydrogen-bond acceptors (Lipinski definition) is 3. The molecule has 1 heterocycles. The number of hydrogen-bond donors (Lipinski definition) is 1. The largest absolute Gasteiger partial charge is 0.481 e. The van der Waals surface area contributed by atoms with Crippen molar-refractivity contribution in [2.45, 2.75) is 19.3 Å². The third-order valence-electron chi connectivity index (χ3n) is 4.33. The van der Waals surface area contributed by atoms with E-state index in [9.17, 15) is 14.4 Å². The first-order chi connectivity index (χ1) is 8.59. The number of imide groups is 1. The summed E-state index contributed by atoms with van der Waals surface area (Å²) in [5.41, 5.74) is 0. The van der Waals surface area contributed by atoms with Crippen LogP contribution in [0.5, 0.6) is 0 Å². The van der Waals surface area contributed by atoms with Crippen LogP contribution >= 0.6 is 0 Å². The van der Waals surface area contributed by atoms with E-state index in [1.54, 1.807) is 0 Å². The SMILES string of the molecule is O=C(O)CCCN1C(=O)C2C3C=CC(C3)C2C1=O.[Y]. The smallest absolute Gasteiger partial charge is 0.303 e. The van der Waals surface area contributed by atoms with Crippen molar-refractivity contribution in [1.29, 1.82) is 0 Å². The second-order valence-electron chi connectivity index (χ2n) is 5.33. The number of likely N-dealkylation sites (tertiary alicyclic amines) is 1. The maximum Gasteiger partial charge on any atom is 0.303 e. The summed E-state index contributed by atoms with van der Waals surface area (Å²) in [6, 6.07) is 0. The Bertz CT molecular complexity index is 432.